The Bertz CT molecular complexity index is 1220. The first-order valence-corrected chi connectivity index (χ1v) is 10.6. The zero-order chi connectivity index (χ0) is 21.8. The first-order valence-electron chi connectivity index (χ1n) is 9.85. The summed E-state index contributed by atoms with van der Waals surface area (Å²) in [6.07, 6.45) is 0. The van der Waals surface area contributed by atoms with E-state index in [1.807, 2.05) is 64.6 Å². The van der Waals surface area contributed by atoms with Gasteiger partial charge in [0, 0.05) is 50.7 Å². The lowest BCUT2D eigenvalue weighted by molar-refractivity contribution is 1.13. The van der Waals surface area contributed by atoms with Crippen LogP contribution in [0.15, 0.2) is 60.7 Å². The van der Waals surface area contributed by atoms with E-state index in [1.54, 1.807) is 0 Å². The van der Waals surface area contributed by atoms with Crippen LogP contribution in [0.25, 0.3) is 11.0 Å². The predicted octanol–water partition coefficient (Wildman–Crippen LogP) is 4.62. The van der Waals surface area contributed by atoms with Crippen LogP contribution < -0.4 is 9.80 Å². The van der Waals surface area contributed by atoms with Crippen molar-refractivity contribution in [2.45, 2.75) is 0 Å². The molecule has 31 heavy (non-hydrogen) atoms. The topological polar surface area (TPSA) is 32.3 Å². The molecule has 1 aromatic heterocycles. The number of hydrogen-bond donors (Lipinski definition) is 0. The molecule has 1 heterocycles. The second-order valence-electron chi connectivity index (χ2n) is 7.50. The fourth-order valence-electron chi connectivity index (χ4n) is 3.03. The van der Waals surface area contributed by atoms with Gasteiger partial charge in [-0.15, -0.1) is 0 Å². The first-order chi connectivity index (χ1) is 15.0. The third-order valence-electron chi connectivity index (χ3n) is 4.87. The minimum Gasteiger partial charge on any atom is -0.378 e. The van der Waals surface area contributed by atoms with Crippen LogP contribution in [-0.4, -0.2) is 36.9 Å². The summed E-state index contributed by atoms with van der Waals surface area (Å²) in [7, 11) is 8.09. The summed E-state index contributed by atoms with van der Waals surface area (Å²) in [5, 5.41) is 0. The zero-order valence-electron chi connectivity index (χ0n) is 18.0. The van der Waals surface area contributed by atoms with Gasteiger partial charge in [0.25, 0.3) is 0 Å². The number of aromatic nitrogens is 2. The average Bonchev–Trinajstić information content (AvgIpc) is 3.27. The molecule has 0 saturated carbocycles. The van der Waals surface area contributed by atoms with E-state index in [-0.39, 0.29) is 0 Å². The van der Waals surface area contributed by atoms with E-state index >= 15 is 0 Å². The summed E-state index contributed by atoms with van der Waals surface area (Å²) >= 11 is 1.19. The molecule has 3 aromatic carbocycles. The van der Waals surface area contributed by atoms with E-state index in [0.29, 0.717) is 0 Å². The Balaban J connectivity index is 1.61. The molecule has 0 N–H and O–H groups in total. The van der Waals surface area contributed by atoms with Crippen molar-refractivity contribution in [1.29, 1.82) is 0 Å². The van der Waals surface area contributed by atoms with Gasteiger partial charge in [-0.05, 0) is 60.7 Å². The van der Waals surface area contributed by atoms with Crippen molar-refractivity contribution in [2.75, 3.05) is 38.0 Å². The molecule has 0 saturated heterocycles. The predicted molar refractivity (Wildman–Crippen MR) is 131 cm³/mol. The van der Waals surface area contributed by atoms with Gasteiger partial charge in [-0.2, -0.15) is 8.75 Å². The summed E-state index contributed by atoms with van der Waals surface area (Å²) in [4.78, 5) is 4.14. The molecule has 0 amide bonds. The van der Waals surface area contributed by atoms with Crippen LogP contribution in [0.2, 0.25) is 0 Å². The Morgan fingerprint density at radius 1 is 0.548 bits per heavy atom. The molecule has 0 bridgehead atoms. The number of hydrogen-bond acceptors (Lipinski definition) is 5. The Kier molecular flexibility index (Phi) is 5.89. The molecule has 4 nitrogen and oxygen atoms in total. The van der Waals surface area contributed by atoms with Gasteiger partial charge >= 0.3 is 0 Å². The number of fused-ring (bicyclic) bond motifs is 1. The van der Waals surface area contributed by atoms with Crippen LogP contribution in [0.5, 0.6) is 0 Å². The minimum atomic E-state index is 0.803. The van der Waals surface area contributed by atoms with Gasteiger partial charge < -0.3 is 9.80 Å². The Labute approximate surface area is 187 Å². The summed E-state index contributed by atoms with van der Waals surface area (Å²) < 4.78 is 8.93. The molecular weight excluding hydrogens is 400 g/mol. The van der Waals surface area contributed by atoms with Crippen LogP contribution in [0.3, 0.4) is 0 Å². The van der Waals surface area contributed by atoms with Crippen molar-refractivity contribution in [3.8, 4) is 23.7 Å². The van der Waals surface area contributed by atoms with Gasteiger partial charge in [-0.25, -0.2) is 0 Å². The van der Waals surface area contributed by atoms with Gasteiger partial charge in [0.05, 0.1) is 22.9 Å². The van der Waals surface area contributed by atoms with E-state index in [2.05, 4.69) is 66.5 Å². The van der Waals surface area contributed by atoms with E-state index in [1.165, 1.54) is 11.7 Å². The lowest BCUT2D eigenvalue weighted by Crippen LogP contribution is -2.07. The highest BCUT2D eigenvalue weighted by molar-refractivity contribution is 7.00. The molecule has 0 spiro atoms. The van der Waals surface area contributed by atoms with Crippen molar-refractivity contribution in [1.82, 2.24) is 8.75 Å². The molecule has 4 rings (SSSR count). The SMILES string of the molecule is CN(C)c1ccc(C#Cc2ccc(C#Cc3ccc(N(C)C)cc3)c3nsnc23)cc1. The molecule has 0 aliphatic heterocycles. The summed E-state index contributed by atoms with van der Waals surface area (Å²) in [5.74, 6) is 12.9. The Morgan fingerprint density at radius 3 is 1.29 bits per heavy atom. The monoisotopic (exact) mass is 422 g/mol. The second-order valence-corrected chi connectivity index (χ2v) is 8.03. The largest absolute Gasteiger partial charge is 0.378 e. The molecule has 0 atom stereocenters. The van der Waals surface area contributed by atoms with Crippen molar-refractivity contribution in [2.24, 2.45) is 0 Å². The van der Waals surface area contributed by atoms with Gasteiger partial charge in [-0.1, -0.05) is 23.7 Å². The number of benzene rings is 3. The third kappa shape index (κ3) is 4.69. The summed E-state index contributed by atoms with van der Waals surface area (Å²) in [6, 6.07) is 20.3. The maximum absolute atomic E-state index is 4.46. The standard InChI is InChI=1S/C26H22N4S/c1-29(2)23-15-7-19(8-16-23)5-11-21-13-14-22(26-25(21)27-31-28-26)12-6-20-9-17-24(18-10-20)30(3)4/h7-10,13-18H,1-4H3. The fraction of sp³-hybridized carbons (Fsp3) is 0.154. The van der Waals surface area contributed by atoms with Crippen LogP contribution in [0, 0.1) is 23.7 Å². The highest BCUT2D eigenvalue weighted by atomic mass is 32.1. The Morgan fingerprint density at radius 2 is 0.935 bits per heavy atom. The molecule has 0 aliphatic carbocycles. The van der Waals surface area contributed by atoms with E-state index in [0.717, 1.165) is 44.7 Å². The van der Waals surface area contributed by atoms with Gasteiger partial charge in [0.1, 0.15) is 11.0 Å². The zero-order valence-corrected chi connectivity index (χ0v) is 18.8. The number of nitrogens with zero attached hydrogens (tertiary/aromatic N) is 4. The maximum atomic E-state index is 4.46. The van der Waals surface area contributed by atoms with Crippen molar-refractivity contribution in [3.63, 3.8) is 0 Å². The van der Waals surface area contributed by atoms with Crippen molar-refractivity contribution < 1.29 is 0 Å². The van der Waals surface area contributed by atoms with Crippen LogP contribution >= 0.6 is 11.7 Å². The quantitative estimate of drug-likeness (QED) is 0.441. The summed E-state index contributed by atoms with van der Waals surface area (Å²) in [6.45, 7) is 0. The fourth-order valence-corrected chi connectivity index (χ4v) is 3.61. The molecule has 0 aliphatic rings. The van der Waals surface area contributed by atoms with Crippen molar-refractivity contribution >= 4 is 34.1 Å². The van der Waals surface area contributed by atoms with Gasteiger partial charge in [0.15, 0.2) is 0 Å². The second kappa shape index (κ2) is 8.92. The normalized spacial score (nSPS) is 10.1. The van der Waals surface area contributed by atoms with E-state index < -0.39 is 0 Å². The molecule has 0 unspecified atom stereocenters. The Hall–Kier alpha value is -3.80. The lowest BCUT2D eigenvalue weighted by Gasteiger charge is -2.11. The van der Waals surface area contributed by atoms with Gasteiger partial charge in [0.2, 0.25) is 0 Å². The van der Waals surface area contributed by atoms with E-state index in [4.69, 9.17) is 0 Å². The van der Waals surface area contributed by atoms with Crippen LogP contribution in [0.4, 0.5) is 11.4 Å². The molecule has 0 fully saturated rings. The molecule has 0 radical (unpaired) electrons. The average molecular weight is 423 g/mol. The third-order valence-corrected chi connectivity index (χ3v) is 5.39. The first kappa shape index (κ1) is 20.5. The number of rotatable bonds is 2. The highest BCUT2D eigenvalue weighted by Crippen LogP contribution is 2.21. The maximum Gasteiger partial charge on any atom is 0.121 e. The molecule has 152 valence electrons. The van der Waals surface area contributed by atoms with Crippen molar-refractivity contribution in [3.05, 3.63) is 82.9 Å². The van der Waals surface area contributed by atoms with Crippen LogP contribution in [0.1, 0.15) is 22.3 Å². The van der Waals surface area contributed by atoms with Crippen LogP contribution in [-0.2, 0) is 0 Å². The summed E-state index contributed by atoms with van der Waals surface area (Å²) in [5.41, 5.74) is 7.56. The molecule has 4 aromatic rings. The number of anilines is 2. The molecule has 5 heteroatoms. The smallest absolute Gasteiger partial charge is 0.121 e. The minimum absolute atomic E-state index is 0.803. The lowest BCUT2D eigenvalue weighted by atomic mass is 10.1. The van der Waals surface area contributed by atoms with E-state index in [9.17, 15) is 0 Å². The molecular formula is C26H22N4S. The van der Waals surface area contributed by atoms with Gasteiger partial charge in [-0.3, -0.25) is 0 Å². The highest BCUT2D eigenvalue weighted by Gasteiger charge is 2.08.